The van der Waals surface area contributed by atoms with Crippen LogP contribution in [-0.4, -0.2) is 31.3 Å². The summed E-state index contributed by atoms with van der Waals surface area (Å²) in [5.74, 6) is -0.311. The molecule has 27 heavy (non-hydrogen) atoms. The van der Waals surface area contributed by atoms with Crippen molar-refractivity contribution in [3.8, 4) is 22.6 Å². The monoisotopic (exact) mass is 374 g/mol. The van der Waals surface area contributed by atoms with Gasteiger partial charge in [-0.25, -0.2) is 9.67 Å². The summed E-state index contributed by atoms with van der Waals surface area (Å²) in [6.07, 6.45) is 0.309. The van der Waals surface area contributed by atoms with Crippen molar-refractivity contribution in [1.29, 1.82) is 0 Å². The van der Waals surface area contributed by atoms with Crippen LogP contribution < -0.4 is 10.5 Å². The lowest BCUT2D eigenvalue weighted by molar-refractivity contribution is -0.274. The van der Waals surface area contributed by atoms with Gasteiger partial charge in [-0.05, 0) is 35.9 Å². The predicted octanol–water partition coefficient (Wildman–Crippen LogP) is 3.17. The number of rotatable bonds is 4. The highest BCUT2D eigenvalue weighted by Gasteiger charge is 2.31. The van der Waals surface area contributed by atoms with Crippen molar-refractivity contribution < 1.29 is 17.9 Å². The van der Waals surface area contributed by atoms with Crippen molar-refractivity contribution in [2.75, 3.05) is 0 Å². The van der Waals surface area contributed by atoms with Crippen molar-refractivity contribution in [2.24, 2.45) is 5.73 Å². The number of nitrogens with one attached hydrogen (secondary N) is 1. The van der Waals surface area contributed by atoms with E-state index in [4.69, 9.17) is 5.73 Å². The Kier molecular flexibility index (Phi) is 4.04. The topological polar surface area (TPSA) is 94.6 Å². The second kappa shape index (κ2) is 6.40. The summed E-state index contributed by atoms with van der Waals surface area (Å²) in [5, 5.41) is 12.0. The van der Waals surface area contributed by atoms with Gasteiger partial charge in [0.25, 0.3) is 0 Å². The number of halogens is 3. The van der Waals surface area contributed by atoms with Gasteiger partial charge in [0, 0.05) is 24.5 Å². The van der Waals surface area contributed by atoms with Gasteiger partial charge < -0.3 is 10.5 Å². The molecule has 0 aliphatic heterocycles. The second-order valence-corrected chi connectivity index (χ2v) is 5.65. The van der Waals surface area contributed by atoms with Crippen molar-refractivity contribution in [2.45, 2.75) is 12.9 Å². The Morgan fingerprint density at radius 1 is 1.15 bits per heavy atom. The maximum Gasteiger partial charge on any atom is 0.573 e. The number of nitrogens with two attached hydrogens (primary N) is 1. The molecule has 0 saturated carbocycles. The third-order valence-electron chi connectivity index (χ3n) is 3.96. The van der Waals surface area contributed by atoms with Crippen molar-refractivity contribution in [3.63, 3.8) is 0 Å². The number of benzene rings is 1. The van der Waals surface area contributed by atoms with Crippen LogP contribution >= 0.6 is 0 Å². The summed E-state index contributed by atoms with van der Waals surface area (Å²) in [4.78, 5) is 4.38. The summed E-state index contributed by atoms with van der Waals surface area (Å²) >= 11 is 0. The Hall–Kier alpha value is -3.40. The lowest BCUT2D eigenvalue weighted by Gasteiger charge is -2.09. The van der Waals surface area contributed by atoms with Gasteiger partial charge in [-0.1, -0.05) is 0 Å². The van der Waals surface area contributed by atoms with Crippen molar-refractivity contribution in [1.82, 2.24) is 25.0 Å². The number of H-pyrrole nitrogens is 1. The van der Waals surface area contributed by atoms with Gasteiger partial charge in [-0.15, -0.1) is 13.2 Å². The quantitative estimate of drug-likeness (QED) is 0.572. The molecule has 0 saturated heterocycles. The fraction of sp³-hybridized carbons (Fsp3) is 0.118. The molecule has 0 atom stereocenters. The minimum Gasteiger partial charge on any atom is -0.406 e. The molecule has 4 aromatic rings. The number of aromatic amines is 1. The van der Waals surface area contributed by atoms with Crippen LogP contribution in [-0.2, 0) is 6.54 Å². The third-order valence-corrected chi connectivity index (χ3v) is 3.96. The molecular formula is C17H13F3N6O. The summed E-state index contributed by atoms with van der Waals surface area (Å²) in [6.45, 7) is 0.176. The first-order valence-corrected chi connectivity index (χ1v) is 7.88. The molecule has 0 bridgehead atoms. The molecule has 0 aliphatic rings. The first-order chi connectivity index (χ1) is 13.0. The number of nitrogens with zero attached hydrogens (tertiary/aromatic N) is 4. The molecule has 0 unspecified atom stereocenters. The Balaban J connectivity index is 1.82. The molecule has 0 spiro atoms. The highest BCUT2D eigenvalue weighted by Crippen LogP contribution is 2.31. The van der Waals surface area contributed by atoms with Crippen LogP contribution in [0.3, 0.4) is 0 Å². The zero-order chi connectivity index (χ0) is 19.0. The lowest BCUT2D eigenvalue weighted by Crippen LogP contribution is -2.17. The molecule has 4 rings (SSSR count). The molecular weight excluding hydrogens is 361 g/mol. The summed E-state index contributed by atoms with van der Waals surface area (Å²) < 4.78 is 42.4. The maximum absolute atomic E-state index is 12.3. The van der Waals surface area contributed by atoms with Crippen LogP contribution in [0.15, 0.2) is 48.9 Å². The van der Waals surface area contributed by atoms with Gasteiger partial charge in [-0.2, -0.15) is 10.2 Å². The zero-order valence-electron chi connectivity index (χ0n) is 13.7. The van der Waals surface area contributed by atoms with Crippen molar-refractivity contribution >= 4 is 11.0 Å². The Bertz CT molecular complexity index is 1070. The van der Waals surface area contributed by atoms with Crippen LogP contribution in [0, 0.1) is 0 Å². The number of aromatic nitrogens is 5. The smallest absolute Gasteiger partial charge is 0.406 e. The standard InChI is InChI=1S/C17H13F3N6O/c18-17(19,20)27-12-3-1-11(2-4-12)26-16-15(14(7-21)25-26)13(5-6-22-16)10-8-23-24-9-10/h1-6,8-9H,7,21H2,(H,23,24). The number of pyridine rings is 1. The van der Waals surface area contributed by atoms with E-state index < -0.39 is 6.36 Å². The molecule has 7 nitrogen and oxygen atoms in total. The van der Waals surface area contributed by atoms with Gasteiger partial charge >= 0.3 is 6.36 Å². The minimum atomic E-state index is -4.74. The van der Waals surface area contributed by atoms with Gasteiger partial charge in [0.05, 0.1) is 23.0 Å². The second-order valence-electron chi connectivity index (χ2n) is 5.65. The van der Waals surface area contributed by atoms with E-state index in [1.807, 2.05) is 6.07 Å². The van der Waals surface area contributed by atoms with E-state index >= 15 is 0 Å². The Morgan fingerprint density at radius 2 is 1.93 bits per heavy atom. The minimum absolute atomic E-state index is 0.176. The van der Waals surface area contributed by atoms with E-state index in [0.29, 0.717) is 17.0 Å². The number of ether oxygens (including phenoxy) is 1. The maximum atomic E-state index is 12.3. The molecule has 3 N–H and O–H groups in total. The average Bonchev–Trinajstić information content (AvgIpc) is 3.29. The first kappa shape index (κ1) is 17.0. The summed E-state index contributed by atoms with van der Waals surface area (Å²) in [7, 11) is 0. The number of alkyl halides is 3. The van der Waals surface area contributed by atoms with E-state index in [-0.39, 0.29) is 12.3 Å². The molecule has 138 valence electrons. The Labute approximate surface area is 150 Å². The summed E-state index contributed by atoms with van der Waals surface area (Å²) in [6, 6.07) is 7.22. The van der Waals surface area contributed by atoms with E-state index in [1.54, 1.807) is 23.3 Å². The molecule has 10 heteroatoms. The number of hydrogen-bond acceptors (Lipinski definition) is 5. The molecule has 1 aromatic carbocycles. The molecule has 0 amide bonds. The van der Waals surface area contributed by atoms with Crippen LogP contribution in [0.1, 0.15) is 5.69 Å². The largest absolute Gasteiger partial charge is 0.573 e. The molecule has 0 radical (unpaired) electrons. The van der Waals surface area contributed by atoms with E-state index in [1.165, 1.54) is 24.3 Å². The van der Waals surface area contributed by atoms with E-state index in [2.05, 4.69) is 25.0 Å². The van der Waals surface area contributed by atoms with Crippen molar-refractivity contribution in [3.05, 3.63) is 54.6 Å². The van der Waals surface area contributed by atoms with Crippen LogP contribution in [0.5, 0.6) is 5.75 Å². The molecule has 0 aliphatic carbocycles. The lowest BCUT2D eigenvalue weighted by atomic mass is 10.1. The fourth-order valence-electron chi connectivity index (χ4n) is 2.86. The molecule has 3 heterocycles. The summed E-state index contributed by atoms with van der Waals surface area (Å²) in [5.41, 5.74) is 9.25. The normalized spacial score (nSPS) is 11.9. The number of fused-ring (bicyclic) bond motifs is 1. The van der Waals surface area contributed by atoms with E-state index in [0.717, 1.165) is 16.5 Å². The molecule has 0 fully saturated rings. The van der Waals surface area contributed by atoms with Crippen LogP contribution in [0.4, 0.5) is 13.2 Å². The van der Waals surface area contributed by atoms with Gasteiger partial charge in [0.1, 0.15) is 5.75 Å². The number of hydrogen-bond donors (Lipinski definition) is 2. The zero-order valence-corrected chi connectivity index (χ0v) is 13.7. The van der Waals surface area contributed by atoms with Crippen LogP contribution in [0.2, 0.25) is 0 Å². The predicted molar refractivity (Wildman–Crippen MR) is 91.0 cm³/mol. The third kappa shape index (κ3) is 3.22. The van der Waals surface area contributed by atoms with E-state index in [9.17, 15) is 13.2 Å². The Morgan fingerprint density at radius 3 is 2.56 bits per heavy atom. The van der Waals surface area contributed by atoms with Gasteiger partial charge in [-0.3, -0.25) is 5.10 Å². The highest BCUT2D eigenvalue weighted by molar-refractivity contribution is 5.95. The fourth-order valence-corrected chi connectivity index (χ4v) is 2.86. The van der Waals surface area contributed by atoms with Gasteiger partial charge in [0.2, 0.25) is 0 Å². The molecule has 3 aromatic heterocycles. The SMILES string of the molecule is NCc1nn(-c2ccc(OC(F)(F)F)cc2)c2nccc(-c3cn[nH]c3)c12. The van der Waals surface area contributed by atoms with Crippen LogP contribution in [0.25, 0.3) is 27.8 Å². The average molecular weight is 374 g/mol. The highest BCUT2D eigenvalue weighted by atomic mass is 19.4. The van der Waals surface area contributed by atoms with Gasteiger partial charge in [0.15, 0.2) is 5.65 Å². The first-order valence-electron chi connectivity index (χ1n) is 7.88.